The minimum Gasteiger partial charge on any atom is -0.482 e. The number of hydrogen-bond acceptors (Lipinski definition) is 4. The Morgan fingerprint density at radius 3 is 2.68 bits per heavy atom. The van der Waals surface area contributed by atoms with E-state index in [2.05, 4.69) is 15.3 Å². The molecular formula is C12H9Cl2N3O2. The largest absolute Gasteiger partial charge is 0.482 e. The van der Waals surface area contributed by atoms with E-state index in [0.717, 1.165) is 0 Å². The summed E-state index contributed by atoms with van der Waals surface area (Å²) in [6, 6.07) is 6.41. The van der Waals surface area contributed by atoms with Gasteiger partial charge in [0.2, 0.25) is 5.95 Å². The summed E-state index contributed by atoms with van der Waals surface area (Å²) in [6.07, 6.45) is 3.05. The lowest BCUT2D eigenvalue weighted by atomic mass is 10.3. The topological polar surface area (TPSA) is 64.1 Å². The summed E-state index contributed by atoms with van der Waals surface area (Å²) in [4.78, 5) is 19.3. The maximum Gasteiger partial charge on any atom is 0.264 e. The normalized spacial score (nSPS) is 10.0. The number of ether oxygens (including phenoxy) is 1. The van der Waals surface area contributed by atoms with Crippen LogP contribution in [0.25, 0.3) is 0 Å². The van der Waals surface area contributed by atoms with Gasteiger partial charge in [-0.3, -0.25) is 10.1 Å². The number of amides is 1. The molecule has 2 rings (SSSR count). The summed E-state index contributed by atoms with van der Waals surface area (Å²) < 4.78 is 5.27. The molecule has 98 valence electrons. The maximum atomic E-state index is 11.6. The fourth-order valence-electron chi connectivity index (χ4n) is 1.26. The lowest BCUT2D eigenvalue weighted by Crippen LogP contribution is -2.21. The number of nitrogens with zero attached hydrogens (tertiary/aromatic N) is 2. The summed E-state index contributed by atoms with van der Waals surface area (Å²) in [5.74, 6) is 0.228. The van der Waals surface area contributed by atoms with Crippen LogP contribution in [0.2, 0.25) is 10.0 Å². The molecule has 0 spiro atoms. The fraction of sp³-hybridized carbons (Fsp3) is 0.0833. The van der Waals surface area contributed by atoms with Crippen molar-refractivity contribution in [3.8, 4) is 5.75 Å². The van der Waals surface area contributed by atoms with Crippen LogP contribution in [-0.2, 0) is 4.79 Å². The van der Waals surface area contributed by atoms with E-state index < -0.39 is 0 Å². The summed E-state index contributed by atoms with van der Waals surface area (Å²) in [6.45, 7) is -0.195. The zero-order chi connectivity index (χ0) is 13.7. The van der Waals surface area contributed by atoms with Crippen molar-refractivity contribution in [1.29, 1.82) is 0 Å². The lowest BCUT2D eigenvalue weighted by molar-refractivity contribution is -0.118. The highest BCUT2D eigenvalue weighted by Crippen LogP contribution is 2.27. The van der Waals surface area contributed by atoms with Crippen molar-refractivity contribution < 1.29 is 9.53 Å². The first-order chi connectivity index (χ1) is 9.15. The molecule has 0 aliphatic heterocycles. The highest BCUT2D eigenvalue weighted by Gasteiger charge is 2.07. The van der Waals surface area contributed by atoms with Crippen LogP contribution < -0.4 is 10.1 Å². The summed E-state index contributed by atoms with van der Waals surface area (Å²) in [7, 11) is 0. The van der Waals surface area contributed by atoms with E-state index >= 15 is 0 Å². The number of halogens is 2. The number of anilines is 1. The highest BCUT2D eigenvalue weighted by atomic mass is 35.5. The Balaban J connectivity index is 1.90. The number of aromatic nitrogens is 2. The third-order valence-corrected chi connectivity index (χ3v) is 2.60. The van der Waals surface area contributed by atoms with E-state index in [1.807, 2.05) is 0 Å². The predicted octanol–water partition coefficient (Wildman–Crippen LogP) is 2.80. The zero-order valence-corrected chi connectivity index (χ0v) is 11.1. The molecule has 0 aliphatic rings. The molecule has 7 heteroatoms. The van der Waals surface area contributed by atoms with E-state index in [-0.39, 0.29) is 18.5 Å². The van der Waals surface area contributed by atoms with Crippen LogP contribution in [0, 0.1) is 0 Å². The molecule has 0 saturated heterocycles. The van der Waals surface area contributed by atoms with Crippen LogP contribution in [0.3, 0.4) is 0 Å². The third kappa shape index (κ3) is 4.08. The van der Waals surface area contributed by atoms with Gasteiger partial charge in [0.15, 0.2) is 6.61 Å². The third-order valence-electron chi connectivity index (χ3n) is 2.07. The van der Waals surface area contributed by atoms with Crippen LogP contribution in [0.1, 0.15) is 0 Å². The Labute approximate surface area is 119 Å². The number of nitrogens with one attached hydrogen (secondary N) is 1. The predicted molar refractivity (Wildman–Crippen MR) is 72.6 cm³/mol. The number of rotatable bonds is 4. The molecule has 0 bridgehead atoms. The number of hydrogen-bond donors (Lipinski definition) is 1. The van der Waals surface area contributed by atoms with Crippen molar-refractivity contribution in [3.63, 3.8) is 0 Å². The van der Waals surface area contributed by atoms with Gasteiger partial charge >= 0.3 is 0 Å². The monoisotopic (exact) mass is 297 g/mol. The molecule has 0 radical (unpaired) electrons. The molecule has 1 aromatic carbocycles. The second-order valence-corrected chi connectivity index (χ2v) is 4.33. The van der Waals surface area contributed by atoms with Crippen LogP contribution in [0.4, 0.5) is 5.95 Å². The second kappa shape index (κ2) is 6.36. The van der Waals surface area contributed by atoms with E-state index in [1.54, 1.807) is 18.2 Å². The average Bonchev–Trinajstić information content (AvgIpc) is 2.39. The van der Waals surface area contributed by atoms with Gasteiger partial charge in [0.05, 0.1) is 5.02 Å². The Hall–Kier alpha value is -1.85. The first-order valence-electron chi connectivity index (χ1n) is 5.30. The minimum atomic E-state index is -0.378. The van der Waals surface area contributed by atoms with Crippen LogP contribution in [0.5, 0.6) is 5.75 Å². The van der Waals surface area contributed by atoms with Gasteiger partial charge in [-0.25, -0.2) is 9.97 Å². The molecule has 1 heterocycles. The van der Waals surface area contributed by atoms with Gasteiger partial charge < -0.3 is 4.74 Å². The Bertz CT molecular complexity index is 578. The molecule has 2 aromatic rings. The molecule has 0 unspecified atom stereocenters. The molecule has 0 saturated carbocycles. The van der Waals surface area contributed by atoms with Crippen molar-refractivity contribution >= 4 is 35.1 Å². The van der Waals surface area contributed by atoms with E-state index in [4.69, 9.17) is 27.9 Å². The summed E-state index contributed by atoms with van der Waals surface area (Å²) in [5.41, 5.74) is 0. The lowest BCUT2D eigenvalue weighted by Gasteiger charge is -2.08. The molecule has 5 nitrogen and oxygen atoms in total. The number of carbonyl (C=O) groups is 1. The maximum absolute atomic E-state index is 11.6. The first-order valence-corrected chi connectivity index (χ1v) is 6.05. The molecule has 1 N–H and O–H groups in total. The van der Waals surface area contributed by atoms with Crippen molar-refractivity contribution in [3.05, 3.63) is 46.7 Å². The van der Waals surface area contributed by atoms with Crippen molar-refractivity contribution in [2.75, 3.05) is 11.9 Å². The number of benzene rings is 1. The molecule has 1 amide bonds. The average molecular weight is 298 g/mol. The van der Waals surface area contributed by atoms with Crippen LogP contribution >= 0.6 is 23.2 Å². The molecule has 1 aromatic heterocycles. The van der Waals surface area contributed by atoms with Crippen molar-refractivity contribution in [2.45, 2.75) is 0 Å². The minimum absolute atomic E-state index is 0.195. The SMILES string of the molecule is O=C(COc1ccc(Cl)cc1Cl)Nc1ncccn1. The Morgan fingerprint density at radius 2 is 2.00 bits per heavy atom. The van der Waals surface area contributed by atoms with Gasteiger partial charge in [0, 0.05) is 17.4 Å². The van der Waals surface area contributed by atoms with E-state index in [0.29, 0.717) is 15.8 Å². The molecule has 0 fully saturated rings. The van der Waals surface area contributed by atoms with E-state index in [1.165, 1.54) is 18.5 Å². The second-order valence-electron chi connectivity index (χ2n) is 3.48. The van der Waals surface area contributed by atoms with Crippen molar-refractivity contribution in [2.24, 2.45) is 0 Å². The summed E-state index contributed by atoms with van der Waals surface area (Å²) >= 11 is 11.7. The van der Waals surface area contributed by atoms with Gasteiger partial charge in [-0.2, -0.15) is 0 Å². The molecule has 0 atom stereocenters. The smallest absolute Gasteiger partial charge is 0.264 e. The van der Waals surface area contributed by atoms with Gasteiger partial charge in [-0.15, -0.1) is 0 Å². The standard InChI is InChI=1S/C12H9Cl2N3O2/c13-8-2-3-10(9(14)6-8)19-7-11(18)17-12-15-4-1-5-16-12/h1-6H,7H2,(H,15,16,17,18). The van der Waals surface area contributed by atoms with Crippen LogP contribution in [-0.4, -0.2) is 22.5 Å². The van der Waals surface area contributed by atoms with Gasteiger partial charge in [-0.1, -0.05) is 23.2 Å². The zero-order valence-electron chi connectivity index (χ0n) is 9.64. The Kier molecular flexibility index (Phi) is 4.54. The van der Waals surface area contributed by atoms with Gasteiger partial charge in [0.25, 0.3) is 5.91 Å². The van der Waals surface area contributed by atoms with Crippen LogP contribution in [0.15, 0.2) is 36.7 Å². The highest BCUT2D eigenvalue weighted by molar-refractivity contribution is 6.35. The molecule has 0 aliphatic carbocycles. The summed E-state index contributed by atoms with van der Waals surface area (Å²) in [5, 5.41) is 3.33. The van der Waals surface area contributed by atoms with E-state index in [9.17, 15) is 4.79 Å². The first kappa shape index (κ1) is 13.6. The van der Waals surface area contributed by atoms with Crippen molar-refractivity contribution in [1.82, 2.24) is 9.97 Å². The molecule has 19 heavy (non-hydrogen) atoms. The fourth-order valence-corrected chi connectivity index (χ4v) is 1.72. The van der Waals surface area contributed by atoms with Gasteiger partial charge in [0.1, 0.15) is 5.75 Å². The molecular weight excluding hydrogens is 289 g/mol. The van der Waals surface area contributed by atoms with Gasteiger partial charge in [-0.05, 0) is 24.3 Å². The number of carbonyl (C=O) groups excluding carboxylic acids is 1. The quantitative estimate of drug-likeness (QED) is 0.942. The Morgan fingerprint density at radius 1 is 1.26 bits per heavy atom.